The lowest BCUT2D eigenvalue weighted by Gasteiger charge is -2.09. The lowest BCUT2D eigenvalue weighted by Crippen LogP contribution is -2.04. The van der Waals surface area contributed by atoms with E-state index in [-0.39, 0.29) is 12.0 Å². The Morgan fingerprint density at radius 1 is 1.11 bits per heavy atom. The zero-order chi connectivity index (χ0) is 13.8. The Morgan fingerprint density at radius 3 is 2.37 bits per heavy atom. The molecular formula is C16H17NO2. The molecule has 19 heavy (non-hydrogen) atoms. The van der Waals surface area contributed by atoms with Crippen molar-refractivity contribution >= 4 is 5.97 Å². The Labute approximate surface area is 113 Å². The van der Waals surface area contributed by atoms with Gasteiger partial charge in [0.15, 0.2) is 0 Å². The van der Waals surface area contributed by atoms with Crippen molar-refractivity contribution in [2.45, 2.75) is 13.0 Å². The van der Waals surface area contributed by atoms with E-state index < -0.39 is 0 Å². The summed E-state index contributed by atoms with van der Waals surface area (Å²) in [5.41, 5.74) is 9.66. The molecule has 0 aromatic heterocycles. The molecule has 0 spiro atoms. The molecule has 0 radical (unpaired) electrons. The summed E-state index contributed by atoms with van der Waals surface area (Å²) in [6.07, 6.45) is 0. The van der Waals surface area contributed by atoms with Gasteiger partial charge in [0.25, 0.3) is 0 Å². The van der Waals surface area contributed by atoms with Crippen LogP contribution in [-0.2, 0) is 4.74 Å². The maximum Gasteiger partial charge on any atom is 0.337 e. The van der Waals surface area contributed by atoms with Gasteiger partial charge < -0.3 is 10.5 Å². The Bertz CT molecular complexity index is 574. The molecule has 0 amide bonds. The van der Waals surface area contributed by atoms with Crippen molar-refractivity contribution in [3.63, 3.8) is 0 Å². The van der Waals surface area contributed by atoms with Gasteiger partial charge in [0.05, 0.1) is 12.7 Å². The fraction of sp³-hybridized carbons (Fsp3) is 0.188. The quantitative estimate of drug-likeness (QED) is 0.857. The van der Waals surface area contributed by atoms with E-state index in [4.69, 9.17) is 5.73 Å². The van der Waals surface area contributed by atoms with Crippen LogP contribution in [0.1, 0.15) is 28.9 Å². The van der Waals surface area contributed by atoms with E-state index in [2.05, 4.69) is 10.8 Å². The van der Waals surface area contributed by atoms with E-state index in [1.165, 1.54) is 7.11 Å². The van der Waals surface area contributed by atoms with Crippen LogP contribution in [0.4, 0.5) is 0 Å². The number of carbonyl (C=O) groups is 1. The van der Waals surface area contributed by atoms with Crippen LogP contribution in [0.25, 0.3) is 11.1 Å². The van der Waals surface area contributed by atoms with Crippen molar-refractivity contribution in [3.05, 3.63) is 59.7 Å². The Kier molecular flexibility index (Phi) is 3.97. The van der Waals surface area contributed by atoms with Gasteiger partial charge in [0.2, 0.25) is 0 Å². The van der Waals surface area contributed by atoms with Gasteiger partial charge in [-0.25, -0.2) is 4.79 Å². The average molecular weight is 255 g/mol. The Morgan fingerprint density at radius 2 is 1.79 bits per heavy atom. The van der Waals surface area contributed by atoms with Gasteiger partial charge in [0.1, 0.15) is 0 Å². The molecule has 2 aromatic rings. The zero-order valence-electron chi connectivity index (χ0n) is 11.1. The smallest absolute Gasteiger partial charge is 0.337 e. The summed E-state index contributed by atoms with van der Waals surface area (Å²) in [6, 6.07) is 15.4. The molecule has 0 fully saturated rings. The average Bonchev–Trinajstić information content (AvgIpc) is 2.46. The Balaban J connectivity index is 2.32. The van der Waals surface area contributed by atoms with Crippen LogP contribution < -0.4 is 5.73 Å². The second kappa shape index (κ2) is 5.67. The maximum absolute atomic E-state index is 11.4. The molecule has 98 valence electrons. The number of ether oxygens (including phenoxy) is 1. The first-order valence-electron chi connectivity index (χ1n) is 6.16. The molecule has 2 aromatic carbocycles. The maximum atomic E-state index is 11.4. The zero-order valence-corrected chi connectivity index (χ0v) is 11.1. The van der Waals surface area contributed by atoms with Gasteiger partial charge in [-0.1, -0.05) is 30.3 Å². The number of carbonyl (C=O) groups excluding carboxylic acids is 1. The summed E-state index contributed by atoms with van der Waals surface area (Å²) in [6.45, 7) is 1.96. The summed E-state index contributed by atoms with van der Waals surface area (Å²) in [5.74, 6) is -0.323. The molecule has 0 heterocycles. The largest absolute Gasteiger partial charge is 0.465 e. The number of rotatable bonds is 3. The molecular weight excluding hydrogens is 238 g/mol. The molecule has 1 atom stereocenters. The van der Waals surface area contributed by atoms with E-state index in [1.54, 1.807) is 12.1 Å². The number of benzene rings is 2. The summed E-state index contributed by atoms with van der Waals surface area (Å²) in [5, 5.41) is 0. The lowest BCUT2D eigenvalue weighted by molar-refractivity contribution is 0.0601. The molecule has 3 heteroatoms. The highest BCUT2D eigenvalue weighted by atomic mass is 16.5. The standard InChI is InChI=1S/C16H17NO2/c1-11(17)14-4-3-5-15(10-14)12-6-8-13(9-7-12)16(18)19-2/h3-11H,17H2,1-2H3/t11-/m1/s1. The monoisotopic (exact) mass is 255 g/mol. The molecule has 0 saturated carbocycles. The predicted octanol–water partition coefficient (Wildman–Crippen LogP) is 3.16. The molecule has 0 bridgehead atoms. The number of nitrogens with two attached hydrogens (primary N) is 1. The van der Waals surface area contributed by atoms with Gasteiger partial charge in [-0.15, -0.1) is 0 Å². The number of methoxy groups -OCH3 is 1. The first kappa shape index (κ1) is 13.3. The van der Waals surface area contributed by atoms with Crippen LogP contribution >= 0.6 is 0 Å². The SMILES string of the molecule is COC(=O)c1ccc(-c2cccc([C@@H](C)N)c2)cc1. The summed E-state index contributed by atoms with van der Waals surface area (Å²) < 4.78 is 4.68. The molecule has 0 aliphatic carbocycles. The molecule has 0 aliphatic heterocycles. The van der Waals surface area contributed by atoms with E-state index >= 15 is 0 Å². The van der Waals surface area contributed by atoms with Crippen molar-refractivity contribution in [2.24, 2.45) is 5.73 Å². The van der Waals surface area contributed by atoms with Crippen LogP contribution in [0.5, 0.6) is 0 Å². The third-order valence-corrected chi connectivity index (χ3v) is 3.05. The first-order valence-corrected chi connectivity index (χ1v) is 6.16. The molecule has 0 aliphatic rings. The highest BCUT2D eigenvalue weighted by molar-refractivity contribution is 5.89. The summed E-state index contributed by atoms with van der Waals surface area (Å²) in [7, 11) is 1.38. The molecule has 0 unspecified atom stereocenters. The summed E-state index contributed by atoms with van der Waals surface area (Å²) in [4.78, 5) is 11.4. The van der Waals surface area contributed by atoms with Gasteiger partial charge in [-0.05, 0) is 41.8 Å². The van der Waals surface area contributed by atoms with Crippen LogP contribution in [0, 0.1) is 0 Å². The first-order chi connectivity index (χ1) is 9.11. The van der Waals surface area contributed by atoms with Crippen molar-refractivity contribution in [3.8, 4) is 11.1 Å². The van der Waals surface area contributed by atoms with E-state index in [0.717, 1.165) is 16.7 Å². The number of hydrogen-bond acceptors (Lipinski definition) is 3. The van der Waals surface area contributed by atoms with Crippen molar-refractivity contribution in [2.75, 3.05) is 7.11 Å². The Hall–Kier alpha value is -2.13. The van der Waals surface area contributed by atoms with E-state index in [0.29, 0.717) is 5.56 Å². The fourth-order valence-corrected chi connectivity index (χ4v) is 1.92. The third kappa shape index (κ3) is 3.01. The fourth-order valence-electron chi connectivity index (χ4n) is 1.92. The van der Waals surface area contributed by atoms with Crippen molar-refractivity contribution in [1.82, 2.24) is 0 Å². The lowest BCUT2D eigenvalue weighted by atomic mass is 9.99. The predicted molar refractivity (Wildman–Crippen MR) is 75.8 cm³/mol. The minimum Gasteiger partial charge on any atom is -0.465 e. The second-order valence-corrected chi connectivity index (χ2v) is 4.48. The van der Waals surface area contributed by atoms with E-state index in [1.807, 2.05) is 37.3 Å². The van der Waals surface area contributed by atoms with Gasteiger partial charge in [0, 0.05) is 6.04 Å². The van der Waals surface area contributed by atoms with Crippen LogP contribution in [0.3, 0.4) is 0 Å². The van der Waals surface area contributed by atoms with Crippen molar-refractivity contribution < 1.29 is 9.53 Å². The topological polar surface area (TPSA) is 52.3 Å². The van der Waals surface area contributed by atoms with Crippen LogP contribution in [-0.4, -0.2) is 13.1 Å². The normalized spacial score (nSPS) is 11.9. The number of hydrogen-bond donors (Lipinski definition) is 1. The highest BCUT2D eigenvalue weighted by Gasteiger charge is 2.06. The summed E-state index contributed by atoms with van der Waals surface area (Å²) >= 11 is 0. The van der Waals surface area contributed by atoms with Crippen molar-refractivity contribution in [1.29, 1.82) is 0 Å². The minimum absolute atomic E-state index is 0.00860. The third-order valence-electron chi connectivity index (χ3n) is 3.05. The van der Waals surface area contributed by atoms with Gasteiger partial charge in [-0.2, -0.15) is 0 Å². The number of esters is 1. The van der Waals surface area contributed by atoms with E-state index in [9.17, 15) is 4.79 Å². The molecule has 2 N–H and O–H groups in total. The van der Waals surface area contributed by atoms with Gasteiger partial charge >= 0.3 is 5.97 Å². The minimum atomic E-state index is -0.323. The second-order valence-electron chi connectivity index (χ2n) is 4.48. The molecule has 2 rings (SSSR count). The van der Waals surface area contributed by atoms with Crippen LogP contribution in [0.15, 0.2) is 48.5 Å². The molecule has 3 nitrogen and oxygen atoms in total. The van der Waals surface area contributed by atoms with Gasteiger partial charge in [-0.3, -0.25) is 0 Å². The van der Waals surface area contributed by atoms with Crippen LogP contribution in [0.2, 0.25) is 0 Å². The molecule has 0 saturated heterocycles. The highest BCUT2D eigenvalue weighted by Crippen LogP contribution is 2.23.